The van der Waals surface area contributed by atoms with Crippen LogP contribution in [0.1, 0.15) is 66.9 Å². The Balaban J connectivity index is 1.19. The van der Waals surface area contributed by atoms with E-state index < -0.39 is 0 Å². The maximum absolute atomic E-state index is 12.5. The van der Waals surface area contributed by atoms with Gasteiger partial charge in [-0.2, -0.15) is 5.10 Å². The maximum Gasteiger partial charge on any atom is 0.271 e. The Morgan fingerprint density at radius 1 is 0.868 bits per heavy atom. The standard InChI is InChI=1S/C32H35N3O3/c1-2-3-4-5-6-7-22-37-29-19-15-25(16-20-29)23-34-35-32(36)28-17-13-26(14-18-28)24-38-30-12-8-10-27-11-9-21-33-31(27)30/h8-21,23H,2-7,22,24H2,1H3,(H,35,36)/b34-23+. The van der Waals surface area contributed by atoms with Crippen LogP contribution in [0.15, 0.2) is 90.2 Å². The number of carbonyl (C=O) groups excluding carboxylic acids is 1. The summed E-state index contributed by atoms with van der Waals surface area (Å²) in [4.78, 5) is 16.9. The van der Waals surface area contributed by atoms with Gasteiger partial charge in [-0.05, 0) is 66.1 Å². The SMILES string of the molecule is CCCCCCCCOc1ccc(/C=N/NC(=O)c2ccc(COc3cccc4cccnc34)cc2)cc1. The van der Waals surface area contributed by atoms with Gasteiger partial charge in [0.15, 0.2) is 0 Å². The summed E-state index contributed by atoms with van der Waals surface area (Å²) < 4.78 is 11.8. The summed E-state index contributed by atoms with van der Waals surface area (Å²) in [5, 5.41) is 5.12. The lowest BCUT2D eigenvalue weighted by atomic mass is 10.1. The molecule has 0 atom stereocenters. The van der Waals surface area contributed by atoms with E-state index in [4.69, 9.17) is 9.47 Å². The molecule has 0 radical (unpaired) electrons. The van der Waals surface area contributed by atoms with Crippen molar-refractivity contribution in [2.45, 2.75) is 52.1 Å². The Morgan fingerprint density at radius 3 is 2.45 bits per heavy atom. The lowest BCUT2D eigenvalue weighted by Crippen LogP contribution is -2.17. The highest BCUT2D eigenvalue weighted by Gasteiger charge is 2.06. The Labute approximate surface area is 224 Å². The zero-order valence-corrected chi connectivity index (χ0v) is 21.9. The van der Waals surface area contributed by atoms with Gasteiger partial charge in [-0.3, -0.25) is 9.78 Å². The van der Waals surface area contributed by atoms with E-state index in [1.807, 2.05) is 66.7 Å². The summed E-state index contributed by atoms with van der Waals surface area (Å²) in [7, 11) is 0. The van der Waals surface area contributed by atoms with Gasteiger partial charge >= 0.3 is 0 Å². The van der Waals surface area contributed by atoms with E-state index in [2.05, 4.69) is 22.4 Å². The molecule has 1 amide bonds. The van der Waals surface area contributed by atoms with Crippen molar-refractivity contribution in [3.8, 4) is 11.5 Å². The number of benzene rings is 3. The average Bonchev–Trinajstić information content (AvgIpc) is 2.96. The number of pyridine rings is 1. The van der Waals surface area contributed by atoms with Crippen molar-refractivity contribution in [1.29, 1.82) is 0 Å². The van der Waals surface area contributed by atoms with Crippen molar-refractivity contribution in [1.82, 2.24) is 10.4 Å². The average molecular weight is 510 g/mol. The smallest absolute Gasteiger partial charge is 0.271 e. The molecule has 0 aliphatic heterocycles. The molecule has 1 heterocycles. The van der Waals surface area contributed by atoms with E-state index in [9.17, 15) is 4.79 Å². The third-order valence-electron chi connectivity index (χ3n) is 6.23. The van der Waals surface area contributed by atoms with E-state index in [0.29, 0.717) is 12.2 Å². The molecule has 0 aliphatic carbocycles. The fraction of sp³-hybridized carbons (Fsp3) is 0.281. The number of para-hydroxylation sites is 1. The molecular formula is C32H35N3O3. The zero-order valence-electron chi connectivity index (χ0n) is 21.9. The highest BCUT2D eigenvalue weighted by Crippen LogP contribution is 2.24. The monoisotopic (exact) mass is 509 g/mol. The lowest BCUT2D eigenvalue weighted by molar-refractivity contribution is 0.0955. The predicted molar refractivity (Wildman–Crippen MR) is 153 cm³/mol. The van der Waals surface area contributed by atoms with E-state index in [-0.39, 0.29) is 5.91 Å². The molecule has 0 unspecified atom stereocenters. The predicted octanol–water partition coefficient (Wildman–Crippen LogP) is 7.32. The summed E-state index contributed by atoms with van der Waals surface area (Å²) >= 11 is 0. The van der Waals surface area contributed by atoms with Gasteiger partial charge in [0.25, 0.3) is 5.91 Å². The van der Waals surface area contributed by atoms with Crippen molar-refractivity contribution in [2.75, 3.05) is 6.61 Å². The Hall–Kier alpha value is -4.19. The molecule has 0 fully saturated rings. The number of aromatic nitrogens is 1. The van der Waals surface area contributed by atoms with Gasteiger partial charge in [-0.15, -0.1) is 0 Å². The number of hydrogen-bond donors (Lipinski definition) is 1. The molecule has 6 heteroatoms. The first-order valence-electron chi connectivity index (χ1n) is 13.3. The molecule has 4 aromatic rings. The molecule has 196 valence electrons. The third kappa shape index (κ3) is 8.17. The maximum atomic E-state index is 12.5. The topological polar surface area (TPSA) is 72.8 Å². The molecule has 4 rings (SSSR count). The first kappa shape index (κ1) is 26.9. The van der Waals surface area contributed by atoms with E-state index in [1.165, 1.54) is 32.1 Å². The van der Waals surface area contributed by atoms with Gasteiger partial charge < -0.3 is 9.47 Å². The second-order valence-electron chi connectivity index (χ2n) is 9.20. The molecule has 0 saturated heterocycles. The summed E-state index contributed by atoms with van der Waals surface area (Å²) in [5.74, 6) is 1.31. The minimum atomic E-state index is -0.272. The summed E-state index contributed by atoms with van der Waals surface area (Å²) in [6.07, 6.45) is 10.8. The molecule has 0 aliphatic rings. The largest absolute Gasteiger partial charge is 0.494 e. The number of rotatable bonds is 14. The number of hydrazone groups is 1. The first-order valence-corrected chi connectivity index (χ1v) is 13.3. The van der Waals surface area contributed by atoms with Crippen LogP contribution in [0.25, 0.3) is 10.9 Å². The molecule has 6 nitrogen and oxygen atoms in total. The van der Waals surface area contributed by atoms with Crippen LogP contribution in [-0.4, -0.2) is 23.7 Å². The molecule has 0 saturated carbocycles. The summed E-state index contributed by atoms with van der Waals surface area (Å²) in [6.45, 7) is 3.35. The fourth-order valence-electron chi connectivity index (χ4n) is 4.06. The second kappa shape index (κ2) is 14.5. The minimum Gasteiger partial charge on any atom is -0.494 e. The molecule has 0 bridgehead atoms. The minimum absolute atomic E-state index is 0.272. The van der Waals surface area contributed by atoms with Crippen molar-refractivity contribution in [3.05, 3.63) is 102 Å². The quantitative estimate of drug-likeness (QED) is 0.110. The molecule has 38 heavy (non-hydrogen) atoms. The van der Waals surface area contributed by atoms with Crippen LogP contribution in [-0.2, 0) is 6.61 Å². The number of nitrogens with one attached hydrogen (secondary N) is 1. The normalized spacial score (nSPS) is 11.1. The van der Waals surface area contributed by atoms with Crippen molar-refractivity contribution in [2.24, 2.45) is 5.10 Å². The van der Waals surface area contributed by atoms with E-state index in [1.54, 1.807) is 24.5 Å². The fourth-order valence-corrected chi connectivity index (χ4v) is 4.06. The van der Waals surface area contributed by atoms with Crippen LogP contribution in [0.4, 0.5) is 0 Å². The van der Waals surface area contributed by atoms with Crippen LogP contribution in [0.5, 0.6) is 11.5 Å². The van der Waals surface area contributed by atoms with Crippen molar-refractivity contribution >= 4 is 23.0 Å². The van der Waals surface area contributed by atoms with Gasteiger partial charge in [0.05, 0.1) is 12.8 Å². The Morgan fingerprint density at radius 2 is 1.63 bits per heavy atom. The van der Waals surface area contributed by atoms with Gasteiger partial charge in [-0.25, -0.2) is 5.43 Å². The molecule has 0 spiro atoms. The first-order chi connectivity index (χ1) is 18.7. The Kier molecular flexibility index (Phi) is 10.3. The van der Waals surface area contributed by atoms with Crippen molar-refractivity contribution < 1.29 is 14.3 Å². The second-order valence-corrected chi connectivity index (χ2v) is 9.20. The van der Waals surface area contributed by atoms with Crippen LogP contribution in [0.3, 0.4) is 0 Å². The van der Waals surface area contributed by atoms with E-state index >= 15 is 0 Å². The number of unbranched alkanes of at least 4 members (excludes halogenated alkanes) is 5. The summed E-state index contributed by atoms with van der Waals surface area (Å²) in [5.41, 5.74) is 5.78. The molecular weight excluding hydrogens is 474 g/mol. The molecule has 3 aromatic carbocycles. The van der Waals surface area contributed by atoms with Crippen LogP contribution >= 0.6 is 0 Å². The van der Waals surface area contributed by atoms with Gasteiger partial charge in [0, 0.05) is 17.1 Å². The number of ether oxygens (including phenoxy) is 2. The highest BCUT2D eigenvalue weighted by molar-refractivity contribution is 5.94. The molecule has 1 N–H and O–H groups in total. The van der Waals surface area contributed by atoms with Gasteiger partial charge in [-0.1, -0.05) is 69.4 Å². The zero-order chi connectivity index (χ0) is 26.4. The van der Waals surface area contributed by atoms with Gasteiger partial charge in [0.2, 0.25) is 0 Å². The Bertz CT molecular complexity index is 1310. The van der Waals surface area contributed by atoms with Gasteiger partial charge in [0.1, 0.15) is 23.6 Å². The van der Waals surface area contributed by atoms with E-state index in [0.717, 1.165) is 46.6 Å². The number of fused-ring (bicyclic) bond motifs is 1. The number of amides is 1. The van der Waals surface area contributed by atoms with Crippen LogP contribution in [0, 0.1) is 0 Å². The van der Waals surface area contributed by atoms with Crippen LogP contribution in [0.2, 0.25) is 0 Å². The van der Waals surface area contributed by atoms with Crippen LogP contribution < -0.4 is 14.9 Å². The van der Waals surface area contributed by atoms with Crippen molar-refractivity contribution in [3.63, 3.8) is 0 Å². The molecule has 1 aromatic heterocycles. The third-order valence-corrected chi connectivity index (χ3v) is 6.23. The number of nitrogens with zero attached hydrogens (tertiary/aromatic N) is 2. The highest BCUT2D eigenvalue weighted by atomic mass is 16.5. The lowest BCUT2D eigenvalue weighted by Gasteiger charge is -2.09. The summed E-state index contributed by atoms with van der Waals surface area (Å²) in [6, 6.07) is 24.8. The number of carbonyl (C=O) groups is 1. The number of hydrogen-bond acceptors (Lipinski definition) is 5.